The number of methoxy groups -OCH3 is 2. The summed E-state index contributed by atoms with van der Waals surface area (Å²) in [4.78, 5) is 16.4. The monoisotopic (exact) mass is 286 g/mol. The third-order valence-corrected chi connectivity index (χ3v) is 3.20. The van der Waals surface area contributed by atoms with Crippen LogP contribution in [0, 0.1) is 0 Å². The molecule has 1 heterocycles. The zero-order chi connectivity index (χ0) is 15.2. The third-order valence-electron chi connectivity index (χ3n) is 3.20. The number of nitrogens with one attached hydrogen (secondary N) is 1. The van der Waals surface area contributed by atoms with E-state index in [9.17, 15) is 4.79 Å². The van der Waals surface area contributed by atoms with Crippen LogP contribution in [0.3, 0.4) is 0 Å². The number of ether oxygens (including phenoxy) is 2. The smallest absolute Gasteiger partial charge is 0.255 e. The maximum Gasteiger partial charge on any atom is 0.255 e. The van der Waals surface area contributed by atoms with Crippen LogP contribution in [0.25, 0.3) is 0 Å². The lowest BCUT2D eigenvalue weighted by molar-refractivity contribution is 0.0936. The van der Waals surface area contributed by atoms with Crippen molar-refractivity contribution < 1.29 is 14.3 Å². The molecule has 1 aromatic heterocycles. The molecule has 2 aromatic rings. The Balaban J connectivity index is 2.21. The molecule has 0 aliphatic carbocycles. The SMILES string of the molecule is COc1cccc(C(=O)NC(C)c2ccncc2)c1OC. The average molecular weight is 286 g/mol. The molecule has 1 amide bonds. The van der Waals surface area contributed by atoms with Crippen LogP contribution in [0.15, 0.2) is 42.7 Å². The predicted molar refractivity (Wildman–Crippen MR) is 79.7 cm³/mol. The third kappa shape index (κ3) is 3.31. The fraction of sp³-hybridized carbons (Fsp3) is 0.250. The fourth-order valence-corrected chi connectivity index (χ4v) is 2.08. The first kappa shape index (κ1) is 14.8. The van der Waals surface area contributed by atoms with Gasteiger partial charge in [-0.3, -0.25) is 9.78 Å². The number of rotatable bonds is 5. The number of nitrogens with zero attached hydrogens (tertiary/aromatic N) is 1. The molecule has 0 aliphatic rings. The Labute approximate surface area is 123 Å². The van der Waals surface area contributed by atoms with Crippen LogP contribution in [0.2, 0.25) is 0 Å². The number of hydrogen-bond donors (Lipinski definition) is 1. The summed E-state index contributed by atoms with van der Waals surface area (Å²) in [6.07, 6.45) is 3.40. The molecule has 5 nitrogen and oxygen atoms in total. The summed E-state index contributed by atoms with van der Waals surface area (Å²) in [5.41, 5.74) is 1.43. The number of pyridine rings is 1. The van der Waals surface area contributed by atoms with Gasteiger partial charge in [-0.25, -0.2) is 0 Å². The van der Waals surface area contributed by atoms with Crippen molar-refractivity contribution in [2.45, 2.75) is 13.0 Å². The van der Waals surface area contributed by atoms with E-state index < -0.39 is 0 Å². The van der Waals surface area contributed by atoms with E-state index >= 15 is 0 Å². The van der Waals surface area contributed by atoms with Crippen molar-refractivity contribution in [2.24, 2.45) is 0 Å². The Morgan fingerprint density at radius 3 is 2.48 bits per heavy atom. The number of hydrogen-bond acceptors (Lipinski definition) is 4. The van der Waals surface area contributed by atoms with Gasteiger partial charge in [-0.1, -0.05) is 6.07 Å². The van der Waals surface area contributed by atoms with E-state index in [2.05, 4.69) is 10.3 Å². The number of carbonyl (C=O) groups is 1. The van der Waals surface area contributed by atoms with Gasteiger partial charge in [-0.05, 0) is 36.8 Å². The summed E-state index contributed by atoms with van der Waals surface area (Å²) in [6, 6.07) is 8.82. The van der Waals surface area contributed by atoms with E-state index in [1.54, 1.807) is 37.7 Å². The van der Waals surface area contributed by atoms with E-state index in [0.717, 1.165) is 5.56 Å². The standard InChI is InChI=1S/C16H18N2O3/c1-11(12-7-9-17-10-8-12)18-16(19)13-5-4-6-14(20-2)15(13)21-3/h4-11H,1-3H3,(H,18,19). The van der Waals surface area contributed by atoms with Crippen molar-refractivity contribution in [3.63, 3.8) is 0 Å². The summed E-state index contributed by atoms with van der Waals surface area (Å²) in [5, 5.41) is 2.94. The highest BCUT2D eigenvalue weighted by Crippen LogP contribution is 2.30. The second kappa shape index (κ2) is 6.74. The van der Waals surface area contributed by atoms with Gasteiger partial charge in [0.2, 0.25) is 0 Å². The molecule has 1 atom stereocenters. The van der Waals surface area contributed by atoms with Gasteiger partial charge in [0, 0.05) is 12.4 Å². The molecule has 0 radical (unpaired) electrons. The quantitative estimate of drug-likeness (QED) is 0.917. The van der Waals surface area contributed by atoms with Gasteiger partial charge in [-0.2, -0.15) is 0 Å². The van der Waals surface area contributed by atoms with E-state index in [0.29, 0.717) is 17.1 Å². The van der Waals surface area contributed by atoms with Crippen LogP contribution in [0.5, 0.6) is 11.5 Å². The van der Waals surface area contributed by atoms with Crippen LogP contribution in [-0.4, -0.2) is 25.1 Å². The van der Waals surface area contributed by atoms with E-state index in [-0.39, 0.29) is 11.9 Å². The number of para-hydroxylation sites is 1. The van der Waals surface area contributed by atoms with Gasteiger partial charge in [0.25, 0.3) is 5.91 Å². The highest BCUT2D eigenvalue weighted by atomic mass is 16.5. The maximum atomic E-state index is 12.4. The van der Waals surface area contributed by atoms with Crippen LogP contribution in [-0.2, 0) is 0 Å². The first-order chi connectivity index (χ1) is 10.2. The first-order valence-corrected chi connectivity index (χ1v) is 6.59. The molecule has 1 unspecified atom stereocenters. The molecule has 21 heavy (non-hydrogen) atoms. The minimum Gasteiger partial charge on any atom is -0.493 e. The largest absolute Gasteiger partial charge is 0.493 e. The fourth-order valence-electron chi connectivity index (χ4n) is 2.08. The van der Waals surface area contributed by atoms with Crippen molar-refractivity contribution in [3.05, 3.63) is 53.9 Å². The molecular formula is C16H18N2O3. The Morgan fingerprint density at radius 2 is 1.86 bits per heavy atom. The summed E-state index contributed by atoms with van der Waals surface area (Å²) < 4.78 is 10.5. The Kier molecular flexibility index (Phi) is 4.77. The molecule has 5 heteroatoms. The van der Waals surface area contributed by atoms with Gasteiger partial charge < -0.3 is 14.8 Å². The molecule has 1 aromatic carbocycles. The molecule has 110 valence electrons. The number of benzene rings is 1. The summed E-state index contributed by atoms with van der Waals surface area (Å²) >= 11 is 0. The van der Waals surface area contributed by atoms with Gasteiger partial charge in [0.05, 0.1) is 25.8 Å². The minimum absolute atomic E-state index is 0.128. The van der Waals surface area contributed by atoms with E-state index in [1.807, 2.05) is 19.1 Å². The lowest BCUT2D eigenvalue weighted by Crippen LogP contribution is -2.27. The van der Waals surface area contributed by atoms with Crippen molar-refractivity contribution >= 4 is 5.91 Å². The topological polar surface area (TPSA) is 60.5 Å². The van der Waals surface area contributed by atoms with Crippen LogP contribution in [0.4, 0.5) is 0 Å². The second-order valence-electron chi connectivity index (χ2n) is 4.52. The van der Waals surface area contributed by atoms with Gasteiger partial charge in [0.1, 0.15) is 0 Å². The van der Waals surface area contributed by atoms with Crippen molar-refractivity contribution in [1.82, 2.24) is 10.3 Å². The minimum atomic E-state index is -0.213. The number of aromatic nitrogens is 1. The van der Waals surface area contributed by atoms with Gasteiger partial charge in [0.15, 0.2) is 11.5 Å². The highest BCUT2D eigenvalue weighted by molar-refractivity contribution is 5.98. The molecule has 0 aliphatic heterocycles. The Hall–Kier alpha value is -2.56. The number of amides is 1. The lowest BCUT2D eigenvalue weighted by Gasteiger charge is -2.16. The average Bonchev–Trinajstić information content (AvgIpc) is 2.54. The second-order valence-corrected chi connectivity index (χ2v) is 4.52. The molecule has 0 spiro atoms. The van der Waals surface area contributed by atoms with E-state index in [1.165, 1.54) is 7.11 Å². The molecule has 0 saturated carbocycles. The van der Waals surface area contributed by atoms with Crippen LogP contribution >= 0.6 is 0 Å². The van der Waals surface area contributed by atoms with Gasteiger partial charge >= 0.3 is 0 Å². The molecular weight excluding hydrogens is 268 g/mol. The molecule has 0 saturated heterocycles. The van der Waals surface area contributed by atoms with Crippen LogP contribution < -0.4 is 14.8 Å². The lowest BCUT2D eigenvalue weighted by atomic mass is 10.1. The van der Waals surface area contributed by atoms with Crippen molar-refractivity contribution in [3.8, 4) is 11.5 Å². The summed E-state index contributed by atoms with van der Waals surface area (Å²) in [6.45, 7) is 1.92. The molecule has 0 fully saturated rings. The zero-order valence-electron chi connectivity index (χ0n) is 12.3. The zero-order valence-corrected chi connectivity index (χ0v) is 12.3. The Bertz CT molecular complexity index is 614. The maximum absolute atomic E-state index is 12.4. The van der Waals surface area contributed by atoms with Gasteiger partial charge in [-0.15, -0.1) is 0 Å². The Morgan fingerprint density at radius 1 is 1.14 bits per heavy atom. The predicted octanol–water partition coefficient (Wildman–Crippen LogP) is 2.59. The molecule has 2 rings (SSSR count). The normalized spacial score (nSPS) is 11.6. The van der Waals surface area contributed by atoms with Crippen LogP contribution in [0.1, 0.15) is 28.9 Å². The summed E-state index contributed by atoms with van der Waals surface area (Å²) in [7, 11) is 3.06. The number of carbonyl (C=O) groups excluding carboxylic acids is 1. The molecule has 1 N–H and O–H groups in total. The van der Waals surface area contributed by atoms with Crippen molar-refractivity contribution in [2.75, 3.05) is 14.2 Å². The van der Waals surface area contributed by atoms with Crippen molar-refractivity contribution in [1.29, 1.82) is 0 Å². The molecule has 0 bridgehead atoms. The highest BCUT2D eigenvalue weighted by Gasteiger charge is 2.18. The summed E-state index contributed by atoms with van der Waals surface area (Å²) in [5.74, 6) is 0.746. The first-order valence-electron chi connectivity index (χ1n) is 6.59. The van der Waals surface area contributed by atoms with E-state index in [4.69, 9.17) is 9.47 Å².